The zero-order chi connectivity index (χ0) is 19.2. The van der Waals surface area contributed by atoms with E-state index in [1.165, 1.54) is 18.2 Å². The summed E-state index contributed by atoms with van der Waals surface area (Å²) in [4.78, 5) is 19.6. The number of hydrogen-bond acceptors (Lipinski definition) is 2. The highest BCUT2D eigenvalue weighted by molar-refractivity contribution is 6.30. The maximum atomic E-state index is 13.8. The fourth-order valence-corrected chi connectivity index (χ4v) is 1.87. The van der Waals surface area contributed by atoms with Gasteiger partial charge in [-0.1, -0.05) is 29.8 Å². The molecule has 10 heteroatoms. The van der Waals surface area contributed by atoms with Crippen LogP contribution in [0.1, 0.15) is 0 Å². The first-order chi connectivity index (χ1) is 11.5. The molecule has 0 saturated heterocycles. The Labute approximate surface area is 143 Å². The van der Waals surface area contributed by atoms with Crippen molar-refractivity contribution in [3.8, 4) is 11.1 Å². The van der Waals surface area contributed by atoms with Crippen molar-refractivity contribution in [1.82, 2.24) is 0 Å². The second kappa shape index (κ2) is 8.34. The summed E-state index contributed by atoms with van der Waals surface area (Å²) in [7, 11) is 0. The summed E-state index contributed by atoms with van der Waals surface area (Å²) in [5.74, 6) is -3.27. The molecule has 2 aromatic carbocycles. The molecule has 0 atom stereocenters. The predicted octanol–water partition coefficient (Wildman–Crippen LogP) is 4.87. The Morgan fingerprint density at radius 3 is 2.08 bits per heavy atom. The number of carboxylic acid groups (broad SMARTS) is 2. The van der Waals surface area contributed by atoms with Gasteiger partial charge >= 0.3 is 18.2 Å². The minimum atomic E-state index is -5.08. The Hall–Kier alpha value is -2.81. The SMILES string of the molecule is O=C(O)C(F)(F)F.O=C(O)Nc1cccc(F)c1-c1cccc(Cl)c1. The van der Waals surface area contributed by atoms with Gasteiger partial charge in [-0.15, -0.1) is 0 Å². The highest BCUT2D eigenvalue weighted by Gasteiger charge is 2.38. The van der Waals surface area contributed by atoms with Crippen LogP contribution in [0.3, 0.4) is 0 Å². The molecule has 134 valence electrons. The van der Waals surface area contributed by atoms with Gasteiger partial charge in [-0.3, -0.25) is 5.32 Å². The van der Waals surface area contributed by atoms with Crippen LogP contribution in [0.25, 0.3) is 11.1 Å². The number of benzene rings is 2. The molecule has 5 nitrogen and oxygen atoms in total. The van der Waals surface area contributed by atoms with Crippen molar-refractivity contribution in [2.45, 2.75) is 6.18 Å². The van der Waals surface area contributed by atoms with Crippen LogP contribution in [0.5, 0.6) is 0 Å². The molecule has 0 unspecified atom stereocenters. The third-order valence-electron chi connectivity index (χ3n) is 2.61. The number of carbonyl (C=O) groups is 2. The lowest BCUT2D eigenvalue weighted by molar-refractivity contribution is -0.192. The lowest BCUT2D eigenvalue weighted by atomic mass is 10.0. The van der Waals surface area contributed by atoms with E-state index in [4.69, 9.17) is 26.6 Å². The molecule has 0 saturated carbocycles. The van der Waals surface area contributed by atoms with E-state index < -0.39 is 24.1 Å². The van der Waals surface area contributed by atoms with Crippen LogP contribution in [-0.2, 0) is 4.79 Å². The Bertz CT molecular complexity index is 780. The van der Waals surface area contributed by atoms with E-state index >= 15 is 0 Å². The molecule has 0 aliphatic carbocycles. The normalized spacial score (nSPS) is 10.4. The average Bonchev–Trinajstić information content (AvgIpc) is 2.46. The van der Waals surface area contributed by atoms with Crippen molar-refractivity contribution in [2.24, 2.45) is 0 Å². The van der Waals surface area contributed by atoms with Crippen LogP contribution in [-0.4, -0.2) is 28.5 Å². The third kappa shape index (κ3) is 6.30. The summed E-state index contributed by atoms with van der Waals surface area (Å²) in [6.45, 7) is 0. The average molecular weight is 380 g/mol. The van der Waals surface area contributed by atoms with Gasteiger partial charge in [0.1, 0.15) is 5.82 Å². The number of anilines is 1. The molecular formula is C15H10ClF4NO4. The van der Waals surface area contributed by atoms with Gasteiger partial charge in [0.25, 0.3) is 0 Å². The van der Waals surface area contributed by atoms with E-state index in [-0.39, 0.29) is 11.3 Å². The van der Waals surface area contributed by atoms with Crippen molar-refractivity contribution < 1.29 is 37.4 Å². The van der Waals surface area contributed by atoms with Crippen LogP contribution < -0.4 is 5.32 Å². The fraction of sp³-hybridized carbons (Fsp3) is 0.0667. The van der Waals surface area contributed by atoms with Crippen molar-refractivity contribution in [3.05, 3.63) is 53.3 Å². The first kappa shape index (κ1) is 20.2. The maximum absolute atomic E-state index is 13.8. The lowest BCUT2D eigenvalue weighted by Gasteiger charge is -2.10. The molecule has 0 aliphatic rings. The Morgan fingerprint density at radius 2 is 1.60 bits per heavy atom. The van der Waals surface area contributed by atoms with Crippen molar-refractivity contribution in [3.63, 3.8) is 0 Å². The topological polar surface area (TPSA) is 86.6 Å². The van der Waals surface area contributed by atoms with E-state index in [1.807, 2.05) is 0 Å². The molecule has 3 N–H and O–H groups in total. The molecule has 0 fully saturated rings. The van der Waals surface area contributed by atoms with E-state index in [0.29, 0.717) is 10.6 Å². The molecule has 0 aliphatic heterocycles. The van der Waals surface area contributed by atoms with E-state index in [9.17, 15) is 22.4 Å². The molecule has 0 spiro atoms. The molecule has 0 heterocycles. The molecule has 2 aromatic rings. The standard InChI is InChI=1S/C13H9ClFNO2.C2HF3O2/c14-9-4-1-3-8(7-9)12-10(15)5-2-6-11(12)16-13(17)18;3-2(4,5)1(6)7/h1-7,16H,(H,17,18);(H,6,7). The highest BCUT2D eigenvalue weighted by Crippen LogP contribution is 2.32. The summed E-state index contributed by atoms with van der Waals surface area (Å²) in [5.41, 5.74) is 0.886. The zero-order valence-electron chi connectivity index (χ0n) is 12.1. The van der Waals surface area contributed by atoms with Crippen LogP contribution in [0.2, 0.25) is 5.02 Å². The van der Waals surface area contributed by atoms with Gasteiger partial charge in [-0.25, -0.2) is 14.0 Å². The van der Waals surface area contributed by atoms with Crippen molar-refractivity contribution in [1.29, 1.82) is 0 Å². The van der Waals surface area contributed by atoms with E-state index in [2.05, 4.69) is 5.32 Å². The largest absolute Gasteiger partial charge is 0.490 e. The maximum Gasteiger partial charge on any atom is 0.490 e. The lowest BCUT2D eigenvalue weighted by Crippen LogP contribution is -2.21. The fourth-order valence-electron chi connectivity index (χ4n) is 1.68. The smallest absolute Gasteiger partial charge is 0.475 e. The van der Waals surface area contributed by atoms with E-state index in [0.717, 1.165) is 0 Å². The molecule has 0 radical (unpaired) electrons. The number of rotatable bonds is 2. The summed E-state index contributed by atoms with van der Waals surface area (Å²) < 4.78 is 45.6. The third-order valence-corrected chi connectivity index (χ3v) is 2.85. The van der Waals surface area contributed by atoms with Gasteiger partial charge in [0.15, 0.2) is 0 Å². The van der Waals surface area contributed by atoms with Gasteiger partial charge in [0, 0.05) is 10.6 Å². The molecule has 2 rings (SSSR count). The van der Waals surface area contributed by atoms with Crippen molar-refractivity contribution in [2.75, 3.05) is 5.32 Å². The number of halogens is 5. The number of amides is 1. The summed E-state index contributed by atoms with van der Waals surface area (Å²) in [5, 5.41) is 18.5. The second-order valence-corrected chi connectivity index (χ2v) is 4.84. The molecule has 25 heavy (non-hydrogen) atoms. The number of alkyl halides is 3. The van der Waals surface area contributed by atoms with Gasteiger partial charge in [-0.2, -0.15) is 13.2 Å². The molecule has 0 aromatic heterocycles. The van der Waals surface area contributed by atoms with Gasteiger partial charge in [0.05, 0.1) is 5.69 Å². The Morgan fingerprint density at radius 1 is 1.04 bits per heavy atom. The first-order valence-electron chi connectivity index (χ1n) is 6.37. The van der Waals surface area contributed by atoms with Gasteiger partial charge < -0.3 is 10.2 Å². The summed E-state index contributed by atoms with van der Waals surface area (Å²) >= 11 is 5.85. The minimum absolute atomic E-state index is 0.183. The van der Waals surface area contributed by atoms with Crippen LogP contribution in [0.15, 0.2) is 42.5 Å². The first-order valence-corrected chi connectivity index (χ1v) is 6.74. The Balaban J connectivity index is 0.000000381. The number of carboxylic acids is 1. The predicted molar refractivity (Wildman–Crippen MR) is 82.2 cm³/mol. The number of nitrogens with one attached hydrogen (secondary N) is 1. The molecular weight excluding hydrogens is 370 g/mol. The number of hydrogen-bond donors (Lipinski definition) is 3. The minimum Gasteiger partial charge on any atom is -0.475 e. The van der Waals surface area contributed by atoms with Gasteiger partial charge in [0.2, 0.25) is 0 Å². The zero-order valence-corrected chi connectivity index (χ0v) is 12.9. The highest BCUT2D eigenvalue weighted by atomic mass is 35.5. The van der Waals surface area contributed by atoms with Gasteiger partial charge in [-0.05, 0) is 29.8 Å². The molecule has 1 amide bonds. The monoisotopic (exact) mass is 379 g/mol. The van der Waals surface area contributed by atoms with E-state index in [1.54, 1.807) is 24.3 Å². The van der Waals surface area contributed by atoms with Crippen LogP contribution in [0.4, 0.5) is 28.0 Å². The molecule has 0 bridgehead atoms. The Kier molecular flexibility index (Phi) is 6.75. The summed E-state index contributed by atoms with van der Waals surface area (Å²) in [6.07, 6.45) is -6.33. The summed E-state index contributed by atoms with van der Waals surface area (Å²) in [6, 6.07) is 10.8. The quantitative estimate of drug-likeness (QED) is 0.650. The van der Waals surface area contributed by atoms with Crippen molar-refractivity contribution >= 4 is 29.4 Å². The van der Waals surface area contributed by atoms with Crippen LogP contribution in [0, 0.1) is 5.82 Å². The number of aliphatic carboxylic acids is 1. The van der Waals surface area contributed by atoms with Crippen LogP contribution >= 0.6 is 11.6 Å². The second-order valence-electron chi connectivity index (χ2n) is 4.41.